The third-order valence-corrected chi connectivity index (χ3v) is 5.10. The number of nitrogens with zero attached hydrogens (tertiary/aromatic N) is 3. The number of alkyl halides is 1. The summed E-state index contributed by atoms with van der Waals surface area (Å²) in [5, 5.41) is 0. The minimum Gasteiger partial charge on any atom is -0.334 e. The van der Waals surface area contributed by atoms with Crippen molar-refractivity contribution in [2.45, 2.75) is 56.1 Å². The first-order chi connectivity index (χ1) is 8.24. The second-order valence-electron chi connectivity index (χ2n) is 5.36. The Labute approximate surface area is 111 Å². The van der Waals surface area contributed by atoms with Crippen molar-refractivity contribution in [3.63, 3.8) is 0 Å². The van der Waals surface area contributed by atoms with Crippen molar-refractivity contribution < 1.29 is 0 Å². The number of fused-ring (bicyclic) bond motifs is 2. The summed E-state index contributed by atoms with van der Waals surface area (Å²) < 4.78 is 2.26. The topological polar surface area (TPSA) is 21.1 Å². The normalized spacial score (nSPS) is 33.2. The van der Waals surface area contributed by atoms with Gasteiger partial charge in [0, 0.05) is 42.4 Å². The second kappa shape index (κ2) is 4.73. The van der Waals surface area contributed by atoms with E-state index in [2.05, 4.69) is 43.5 Å². The number of aryl methyl sites for hydroxylation is 1. The van der Waals surface area contributed by atoms with Crippen LogP contribution in [-0.4, -0.2) is 37.9 Å². The van der Waals surface area contributed by atoms with Crippen LogP contribution in [0.25, 0.3) is 0 Å². The molecule has 1 aromatic heterocycles. The van der Waals surface area contributed by atoms with Gasteiger partial charge < -0.3 is 4.57 Å². The average molecular weight is 298 g/mol. The van der Waals surface area contributed by atoms with Crippen molar-refractivity contribution in [3.05, 3.63) is 18.2 Å². The molecule has 0 saturated carbocycles. The fraction of sp³-hybridized carbons (Fsp3) is 0.769. The Hall–Kier alpha value is -0.350. The zero-order valence-electron chi connectivity index (χ0n) is 10.3. The number of piperidine rings is 1. The average Bonchev–Trinajstić information content (AvgIpc) is 2.79. The van der Waals surface area contributed by atoms with Crippen molar-refractivity contribution in [3.8, 4) is 0 Å². The summed E-state index contributed by atoms with van der Waals surface area (Å²) in [4.78, 5) is 7.77. The lowest BCUT2D eigenvalue weighted by molar-refractivity contribution is 0.139. The summed E-state index contributed by atoms with van der Waals surface area (Å²) in [7, 11) is 0. The van der Waals surface area contributed by atoms with E-state index >= 15 is 0 Å². The standard InChI is InChI=1S/C13H20BrN3/c1-10-15-4-5-16(10)6-7-17-12-2-3-13(17)9-11(14)8-12/h4-5,11-13H,2-3,6-9H2,1H3. The first-order valence-electron chi connectivity index (χ1n) is 6.61. The molecule has 2 aliphatic heterocycles. The van der Waals surface area contributed by atoms with Gasteiger partial charge in [-0.3, -0.25) is 4.90 Å². The quantitative estimate of drug-likeness (QED) is 0.800. The smallest absolute Gasteiger partial charge is 0.105 e. The highest BCUT2D eigenvalue weighted by Gasteiger charge is 2.39. The predicted molar refractivity (Wildman–Crippen MR) is 72.4 cm³/mol. The molecule has 2 bridgehead atoms. The van der Waals surface area contributed by atoms with Gasteiger partial charge in [-0.25, -0.2) is 4.98 Å². The Bertz CT molecular complexity index is 376. The molecule has 2 unspecified atom stereocenters. The van der Waals surface area contributed by atoms with E-state index in [4.69, 9.17) is 0 Å². The van der Waals surface area contributed by atoms with Gasteiger partial charge in [0.1, 0.15) is 5.82 Å². The number of halogens is 1. The van der Waals surface area contributed by atoms with Crippen molar-refractivity contribution in [1.82, 2.24) is 14.5 Å². The molecule has 0 amide bonds. The summed E-state index contributed by atoms with van der Waals surface area (Å²) in [5.74, 6) is 1.13. The zero-order chi connectivity index (χ0) is 11.8. The Kier molecular flexibility index (Phi) is 3.26. The molecule has 2 saturated heterocycles. The van der Waals surface area contributed by atoms with Gasteiger partial charge in [0.2, 0.25) is 0 Å². The van der Waals surface area contributed by atoms with Gasteiger partial charge in [-0.05, 0) is 32.6 Å². The lowest BCUT2D eigenvalue weighted by Crippen LogP contribution is -2.44. The molecule has 1 aromatic rings. The number of rotatable bonds is 3. The van der Waals surface area contributed by atoms with E-state index in [0.29, 0.717) is 0 Å². The van der Waals surface area contributed by atoms with Gasteiger partial charge in [0.25, 0.3) is 0 Å². The van der Waals surface area contributed by atoms with E-state index < -0.39 is 0 Å². The highest BCUT2D eigenvalue weighted by molar-refractivity contribution is 9.09. The Morgan fingerprint density at radius 3 is 2.59 bits per heavy atom. The molecule has 3 heterocycles. The van der Waals surface area contributed by atoms with E-state index in [0.717, 1.165) is 29.3 Å². The van der Waals surface area contributed by atoms with Crippen LogP contribution in [0, 0.1) is 6.92 Å². The second-order valence-corrected chi connectivity index (χ2v) is 6.65. The molecule has 17 heavy (non-hydrogen) atoms. The van der Waals surface area contributed by atoms with E-state index in [-0.39, 0.29) is 0 Å². The molecule has 0 N–H and O–H groups in total. The summed E-state index contributed by atoms with van der Waals surface area (Å²) in [6, 6.07) is 1.64. The van der Waals surface area contributed by atoms with E-state index in [9.17, 15) is 0 Å². The zero-order valence-corrected chi connectivity index (χ0v) is 11.9. The molecule has 0 spiro atoms. The molecule has 2 atom stereocenters. The molecule has 2 aliphatic rings. The Balaban J connectivity index is 1.61. The van der Waals surface area contributed by atoms with Crippen LogP contribution in [0.5, 0.6) is 0 Å². The van der Waals surface area contributed by atoms with Gasteiger partial charge in [-0.1, -0.05) is 15.9 Å². The summed E-state index contributed by atoms with van der Waals surface area (Å²) >= 11 is 3.80. The van der Waals surface area contributed by atoms with Crippen molar-refractivity contribution in [1.29, 1.82) is 0 Å². The van der Waals surface area contributed by atoms with Crippen LogP contribution in [0.1, 0.15) is 31.5 Å². The van der Waals surface area contributed by atoms with Crippen LogP contribution < -0.4 is 0 Å². The first kappa shape index (κ1) is 11.7. The highest BCUT2D eigenvalue weighted by Crippen LogP contribution is 2.38. The van der Waals surface area contributed by atoms with E-state index in [1.807, 2.05) is 6.20 Å². The van der Waals surface area contributed by atoms with Crippen LogP contribution in [0.15, 0.2) is 12.4 Å². The lowest BCUT2D eigenvalue weighted by Gasteiger charge is -2.37. The molecule has 0 aromatic carbocycles. The maximum Gasteiger partial charge on any atom is 0.105 e. The minimum absolute atomic E-state index is 0.756. The lowest BCUT2D eigenvalue weighted by atomic mass is 10.0. The number of hydrogen-bond acceptors (Lipinski definition) is 2. The fourth-order valence-corrected chi connectivity index (χ4v) is 4.30. The monoisotopic (exact) mass is 297 g/mol. The molecular formula is C13H20BrN3. The van der Waals surface area contributed by atoms with Gasteiger partial charge in [0.15, 0.2) is 0 Å². The number of aromatic nitrogens is 2. The minimum atomic E-state index is 0.756. The van der Waals surface area contributed by atoms with Gasteiger partial charge in [0.05, 0.1) is 0 Å². The maximum atomic E-state index is 4.28. The van der Waals surface area contributed by atoms with Crippen LogP contribution in [0.4, 0.5) is 0 Å². The van der Waals surface area contributed by atoms with Crippen molar-refractivity contribution in [2.24, 2.45) is 0 Å². The van der Waals surface area contributed by atoms with Crippen molar-refractivity contribution in [2.75, 3.05) is 6.54 Å². The van der Waals surface area contributed by atoms with Crippen LogP contribution in [-0.2, 0) is 6.54 Å². The van der Waals surface area contributed by atoms with E-state index in [1.165, 1.54) is 32.2 Å². The maximum absolute atomic E-state index is 4.28. The molecule has 0 radical (unpaired) electrons. The highest BCUT2D eigenvalue weighted by atomic mass is 79.9. The van der Waals surface area contributed by atoms with Gasteiger partial charge in [-0.15, -0.1) is 0 Å². The van der Waals surface area contributed by atoms with Crippen LogP contribution in [0.3, 0.4) is 0 Å². The SMILES string of the molecule is Cc1nccn1CCN1C2CCC1CC(Br)C2. The molecule has 2 fully saturated rings. The number of imidazole rings is 1. The van der Waals surface area contributed by atoms with Gasteiger partial charge in [-0.2, -0.15) is 0 Å². The summed E-state index contributed by atoms with van der Waals surface area (Å²) in [6.07, 6.45) is 9.45. The molecule has 0 aliphatic carbocycles. The van der Waals surface area contributed by atoms with Crippen LogP contribution >= 0.6 is 15.9 Å². The molecule has 3 nitrogen and oxygen atoms in total. The Morgan fingerprint density at radius 1 is 1.29 bits per heavy atom. The molecule has 94 valence electrons. The largest absolute Gasteiger partial charge is 0.334 e. The third kappa shape index (κ3) is 2.29. The predicted octanol–water partition coefficient (Wildman–Crippen LogP) is 2.58. The first-order valence-corrected chi connectivity index (χ1v) is 7.53. The Morgan fingerprint density at radius 2 is 2.00 bits per heavy atom. The fourth-order valence-electron chi connectivity index (χ4n) is 3.44. The van der Waals surface area contributed by atoms with Crippen molar-refractivity contribution >= 4 is 15.9 Å². The van der Waals surface area contributed by atoms with E-state index in [1.54, 1.807) is 0 Å². The van der Waals surface area contributed by atoms with Crippen LogP contribution in [0.2, 0.25) is 0 Å². The molecule has 3 rings (SSSR count). The number of hydrogen-bond donors (Lipinski definition) is 0. The summed E-state index contributed by atoms with van der Waals surface area (Å²) in [6.45, 7) is 4.36. The molecular weight excluding hydrogens is 278 g/mol. The van der Waals surface area contributed by atoms with Gasteiger partial charge >= 0.3 is 0 Å². The third-order valence-electron chi connectivity index (χ3n) is 4.35. The molecule has 4 heteroatoms. The summed E-state index contributed by atoms with van der Waals surface area (Å²) in [5.41, 5.74) is 0.